The molecule has 1 N–H and O–H groups in total. The zero-order valence-electron chi connectivity index (χ0n) is 10.9. The van der Waals surface area contributed by atoms with Crippen LogP contribution in [0.15, 0.2) is 12.3 Å². The van der Waals surface area contributed by atoms with Crippen LogP contribution in [0.2, 0.25) is 5.02 Å². The Labute approximate surface area is 118 Å². The summed E-state index contributed by atoms with van der Waals surface area (Å²) in [5.41, 5.74) is 1.13. The van der Waals surface area contributed by atoms with Crippen molar-refractivity contribution in [3.8, 4) is 0 Å². The molecular weight excluding hydrogens is 266 g/mol. The van der Waals surface area contributed by atoms with Crippen LogP contribution in [0.1, 0.15) is 19.4 Å². The molecule has 5 heteroatoms. The number of anilines is 1. The van der Waals surface area contributed by atoms with Gasteiger partial charge in [-0.05, 0) is 25.1 Å². The Morgan fingerprint density at radius 2 is 2.44 bits per heavy atom. The van der Waals surface area contributed by atoms with E-state index in [9.17, 15) is 0 Å². The van der Waals surface area contributed by atoms with Crippen molar-refractivity contribution in [3.05, 3.63) is 22.8 Å². The molecule has 2 heterocycles. The van der Waals surface area contributed by atoms with Gasteiger partial charge in [-0.3, -0.25) is 0 Å². The second kappa shape index (κ2) is 6.64. The maximum Gasteiger partial charge on any atom is 0.129 e. The van der Waals surface area contributed by atoms with E-state index in [0.29, 0.717) is 6.04 Å². The molecule has 0 bridgehead atoms. The zero-order chi connectivity index (χ0) is 13.0. The molecule has 0 spiro atoms. The number of pyridine rings is 1. The van der Waals surface area contributed by atoms with Crippen molar-refractivity contribution in [2.45, 2.75) is 26.4 Å². The molecule has 0 aromatic carbocycles. The maximum atomic E-state index is 6.18. The average molecular weight is 286 g/mol. The topological polar surface area (TPSA) is 28.2 Å². The van der Waals surface area contributed by atoms with Gasteiger partial charge in [-0.1, -0.05) is 18.5 Å². The summed E-state index contributed by atoms with van der Waals surface area (Å²) in [6.45, 7) is 7.18. The molecule has 1 fully saturated rings. The molecule has 1 aromatic rings. The monoisotopic (exact) mass is 285 g/mol. The van der Waals surface area contributed by atoms with Crippen LogP contribution >= 0.6 is 23.4 Å². The molecule has 1 atom stereocenters. The van der Waals surface area contributed by atoms with E-state index in [-0.39, 0.29) is 0 Å². The van der Waals surface area contributed by atoms with Gasteiger partial charge in [0.2, 0.25) is 0 Å². The second-order valence-electron chi connectivity index (χ2n) is 4.53. The molecule has 18 heavy (non-hydrogen) atoms. The van der Waals surface area contributed by atoms with Crippen molar-refractivity contribution in [3.63, 3.8) is 0 Å². The quantitative estimate of drug-likeness (QED) is 0.921. The van der Waals surface area contributed by atoms with Crippen molar-refractivity contribution >= 4 is 29.2 Å². The highest BCUT2D eigenvalue weighted by Gasteiger charge is 2.20. The van der Waals surface area contributed by atoms with E-state index in [0.717, 1.165) is 36.0 Å². The van der Waals surface area contributed by atoms with Crippen LogP contribution in [0, 0.1) is 0 Å². The van der Waals surface area contributed by atoms with Crippen molar-refractivity contribution in [2.24, 2.45) is 0 Å². The summed E-state index contributed by atoms with van der Waals surface area (Å²) in [6.07, 6.45) is 1.78. The summed E-state index contributed by atoms with van der Waals surface area (Å²) in [4.78, 5) is 6.86. The summed E-state index contributed by atoms with van der Waals surface area (Å²) in [5.74, 6) is 3.41. The van der Waals surface area contributed by atoms with Crippen molar-refractivity contribution in [1.82, 2.24) is 10.3 Å². The summed E-state index contributed by atoms with van der Waals surface area (Å²) >= 11 is 8.20. The summed E-state index contributed by atoms with van der Waals surface area (Å²) in [7, 11) is 0. The SMILES string of the molecule is CCNCc1cc(N2CCSCC2C)ncc1Cl. The van der Waals surface area contributed by atoms with Gasteiger partial charge in [0.05, 0.1) is 5.02 Å². The average Bonchev–Trinajstić information content (AvgIpc) is 2.39. The number of aromatic nitrogens is 1. The molecule has 0 radical (unpaired) electrons. The second-order valence-corrected chi connectivity index (χ2v) is 6.09. The fourth-order valence-electron chi connectivity index (χ4n) is 2.09. The first kappa shape index (κ1) is 14.0. The third-order valence-electron chi connectivity index (χ3n) is 3.15. The standard InChI is InChI=1S/C13H20ClN3S/c1-3-15-7-11-6-13(16-8-12(11)14)17-4-5-18-9-10(17)2/h6,8,10,15H,3-5,7,9H2,1-2H3. The van der Waals surface area contributed by atoms with Gasteiger partial charge in [0.1, 0.15) is 5.82 Å². The molecule has 3 nitrogen and oxygen atoms in total. The molecule has 0 saturated carbocycles. The number of nitrogens with one attached hydrogen (secondary N) is 1. The van der Waals surface area contributed by atoms with E-state index in [2.05, 4.69) is 35.1 Å². The number of nitrogens with zero attached hydrogens (tertiary/aromatic N) is 2. The minimum Gasteiger partial charge on any atom is -0.352 e. The van der Waals surface area contributed by atoms with E-state index >= 15 is 0 Å². The normalized spacial score (nSPS) is 20.2. The van der Waals surface area contributed by atoms with Gasteiger partial charge in [0.25, 0.3) is 0 Å². The lowest BCUT2D eigenvalue weighted by Crippen LogP contribution is -2.41. The van der Waals surface area contributed by atoms with E-state index in [1.54, 1.807) is 6.20 Å². The minimum atomic E-state index is 0.546. The predicted molar refractivity (Wildman–Crippen MR) is 80.8 cm³/mol. The van der Waals surface area contributed by atoms with Crippen molar-refractivity contribution in [1.29, 1.82) is 0 Å². The first-order chi connectivity index (χ1) is 8.72. The Hall–Kier alpha value is -0.450. The molecule has 0 aliphatic carbocycles. The molecule has 1 aromatic heterocycles. The lowest BCUT2D eigenvalue weighted by molar-refractivity contribution is 0.685. The smallest absolute Gasteiger partial charge is 0.129 e. The van der Waals surface area contributed by atoms with E-state index in [1.165, 1.54) is 11.5 Å². The summed E-state index contributed by atoms with van der Waals surface area (Å²) in [6, 6.07) is 2.67. The molecule has 1 saturated heterocycles. The lowest BCUT2D eigenvalue weighted by atomic mass is 10.2. The van der Waals surface area contributed by atoms with Crippen LogP contribution in [-0.4, -0.2) is 35.6 Å². The number of hydrogen-bond acceptors (Lipinski definition) is 4. The van der Waals surface area contributed by atoms with Crippen LogP contribution in [0.4, 0.5) is 5.82 Å². The number of halogens is 1. The molecule has 100 valence electrons. The first-order valence-electron chi connectivity index (χ1n) is 6.42. The number of rotatable bonds is 4. The Bertz CT molecular complexity index is 400. The Balaban J connectivity index is 2.17. The van der Waals surface area contributed by atoms with Crippen LogP contribution in [0.5, 0.6) is 0 Å². The van der Waals surface area contributed by atoms with Crippen LogP contribution in [0.3, 0.4) is 0 Å². The molecule has 1 unspecified atom stereocenters. The van der Waals surface area contributed by atoms with Gasteiger partial charge in [-0.2, -0.15) is 11.8 Å². The lowest BCUT2D eigenvalue weighted by Gasteiger charge is -2.34. The van der Waals surface area contributed by atoms with Crippen LogP contribution < -0.4 is 10.2 Å². The molecule has 0 amide bonds. The van der Waals surface area contributed by atoms with Gasteiger partial charge in [-0.15, -0.1) is 0 Å². The fraction of sp³-hybridized carbons (Fsp3) is 0.615. The van der Waals surface area contributed by atoms with E-state index < -0.39 is 0 Å². The zero-order valence-corrected chi connectivity index (χ0v) is 12.5. The fourth-order valence-corrected chi connectivity index (χ4v) is 3.27. The van der Waals surface area contributed by atoms with Gasteiger partial charge >= 0.3 is 0 Å². The van der Waals surface area contributed by atoms with Crippen LogP contribution in [0.25, 0.3) is 0 Å². The highest BCUT2D eigenvalue weighted by Crippen LogP contribution is 2.25. The first-order valence-corrected chi connectivity index (χ1v) is 7.95. The highest BCUT2D eigenvalue weighted by atomic mass is 35.5. The van der Waals surface area contributed by atoms with Crippen molar-refractivity contribution < 1.29 is 0 Å². The Morgan fingerprint density at radius 1 is 1.61 bits per heavy atom. The summed E-state index contributed by atoms with van der Waals surface area (Å²) in [5, 5.41) is 4.06. The third kappa shape index (κ3) is 3.31. The number of thioether (sulfide) groups is 1. The Kier molecular flexibility index (Phi) is 5.15. The minimum absolute atomic E-state index is 0.546. The van der Waals surface area contributed by atoms with Crippen molar-refractivity contribution in [2.75, 3.05) is 29.5 Å². The molecule has 2 rings (SSSR count). The molecular formula is C13H20ClN3S. The predicted octanol–water partition coefficient (Wildman–Crippen LogP) is 2.79. The van der Waals surface area contributed by atoms with Gasteiger partial charge < -0.3 is 10.2 Å². The maximum absolute atomic E-state index is 6.18. The highest BCUT2D eigenvalue weighted by molar-refractivity contribution is 7.99. The summed E-state index contributed by atoms with van der Waals surface area (Å²) < 4.78 is 0. The largest absolute Gasteiger partial charge is 0.352 e. The van der Waals surface area contributed by atoms with Gasteiger partial charge in [0, 0.05) is 36.8 Å². The van der Waals surface area contributed by atoms with Crippen LogP contribution in [-0.2, 0) is 6.54 Å². The third-order valence-corrected chi connectivity index (χ3v) is 4.68. The molecule has 1 aliphatic heterocycles. The Morgan fingerprint density at radius 3 is 3.17 bits per heavy atom. The van der Waals surface area contributed by atoms with E-state index in [1.807, 2.05) is 11.8 Å². The van der Waals surface area contributed by atoms with E-state index in [4.69, 9.17) is 11.6 Å². The van der Waals surface area contributed by atoms with Gasteiger partial charge in [0.15, 0.2) is 0 Å². The molecule has 1 aliphatic rings. The number of hydrogen-bond donors (Lipinski definition) is 1. The van der Waals surface area contributed by atoms with Gasteiger partial charge in [-0.25, -0.2) is 4.98 Å².